The fourth-order valence-corrected chi connectivity index (χ4v) is 1.36. The zero-order chi connectivity index (χ0) is 12.8. The Bertz CT molecular complexity index is 401. The number of nitrogens with zero attached hydrogens (tertiary/aromatic N) is 1. The van der Waals surface area contributed by atoms with Crippen molar-refractivity contribution in [1.29, 1.82) is 0 Å². The lowest BCUT2D eigenvalue weighted by atomic mass is 10.1. The van der Waals surface area contributed by atoms with Crippen LogP contribution in [0.4, 0.5) is 0 Å². The molecule has 6 heteroatoms. The maximum absolute atomic E-state index is 11.2. The molecule has 0 aromatic heterocycles. The predicted octanol–water partition coefficient (Wildman–Crippen LogP) is 1.06. The van der Waals surface area contributed by atoms with Crippen LogP contribution in [0.2, 0.25) is 0 Å². The molecule has 0 saturated heterocycles. The van der Waals surface area contributed by atoms with Gasteiger partial charge >= 0.3 is 12.0 Å². The van der Waals surface area contributed by atoms with Gasteiger partial charge in [-0.25, -0.2) is 4.79 Å². The van der Waals surface area contributed by atoms with Crippen LogP contribution < -0.4 is 4.74 Å². The Balaban J connectivity index is 2.79. The molecule has 0 heterocycles. The van der Waals surface area contributed by atoms with E-state index in [9.17, 15) is 14.9 Å². The van der Waals surface area contributed by atoms with E-state index in [4.69, 9.17) is 4.74 Å². The van der Waals surface area contributed by atoms with Gasteiger partial charge in [0.2, 0.25) is 0 Å². The number of ether oxygens (including phenoxy) is 2. The molecule has 92 valence electrons. The van der Waals surface area contributed by atoms with E-state index in [0.29, 0.717) is 11.3 Å². The van der Waals surface area contributed by atoms with Gasteiger partial charge in [-0.2, -0.15) is 0 Å². The van der Waals surface area contributed by atoms with Crippen LogP contribution in [0.25, 0.3) is 0 Å². The Morgan fingerprint density at radius 2 is 1.94 bits per heavy atom. The quantitative estimate of drug-likeness (QED) is 0.436. The van der Waals surface area contributed by atoms with Crippen molar-refractivity contribution in [3.63, 3.8) is 0 Å². The Hall–Kier alpha value is -2.11. The van der Waals surface area contributed by atoms with Crippen LogP contribution in [0.3, 0.4) is 0 Å². The summed E-state index contributed by atoms with van der Waals surface area (Å²) in [4.78, 5) is 21.3. The van der Waals surface area contributed by atoms with Gasteiger partial charge in [0, 0.05) is 4.92 Å². The van der Waals surface area contributed by atoms with Gasteiger partial charge in [-0.3, -0.25) is 10.1 Å². The summed E-state index contributed by atoms with van der Waals surface area (Å²) in [6.45, 7) is 0. The van der Waals surface area contributed by atoms with E-state index in [1.54, 1.807) is 24.3 Å². The summed E-state index contributed by atoms with van der Waals surface area (Å²) >= 11 is 0. The van der Waals surface area contributed by atoms with Crippen molar-refractivity contribution < 1.29 is 19.2 Å². The highest BCUT2D eigenvalue weighted by Crippen LogP contribution is 2.13. The van der Waals surface area contributed by atoms with E-state index in [1.165, 1.54) is 7.11 Å². The molecule has 1 unspecified atom stereocenters. The van der Waals surface area contributed by atoms with Crippen LogP contribution >= 0.6 is 0 Å². The van der Waals surface area contributed by atoms with E-state index < -0.39 is 16.9 Å². The number of methoxy groups -OCH3 is 2. The SMILES string of the molecule is COC(=O)C(Cc1ccc(OC)cc1)[N+](=O)[O-]. The molecule has 0 radical (unpaired) electrons. The molecule has 0 bridgehead atoms. The second kappa shape index (κ2) is 5.83. The lowest BCUT2D eigenvalue weighted by molar-refractivity contribution is -0.509. The number of carbonyl (C=O) groups is 1. The minimum absolute atomic E-state index is 0.00364. The number of carbonyl (C=O) groups excluding carboxylic acids is 1. The van der Waals surface area contributed by atoms with Crippen LogP contribution in [0.5, 0.6) is 5.75 Å². The molecule has 0 aliphatic rings. The van der Waals surface area contributed by atoms with Crippen LogP contribution in [-0.4, -0.2) is 31.2 Å². The van der Waals surface area contributed by atoms with Crippen molar-refractivity contribution >= 4 is 5.97 Å². The average Bonchev–Trinajstić information content (AvgIpc) is 2.35. The van der Waals surface area contributed by atoms with E-state index in [2.05, 4.69) is 4.74 Å². The molecule has 1 rings (SSSR count). The van der Waals surface area contributed by atoms with Crippen LogP contribution in [0.1, 0.15) is 5.56 Å². The first kappa shape index (κ1) is 13.0. The van der Waals surface area contributed by atoms with Gasteiger partial charge in [0.25, 0.3) is 0 Å². The molecule has 0 spiro atoms. The van der Waals surface area contributed by atoms with Crippen molar-refractivity contribution in [3.05, 3.63) is 39.9 Å². The highest BCUT2D eigenvalue weighted by molar-refractivity contribution is 5.74. The standard InChI is InChI=1S/C11H13NO5/c1-16-9-5-3-8(4-6-9)7-10(12(14)15)11(13)17-2/h3-6,10H,7H2,1-2H3. The van der Waals surface area contributed by atoms with Gasteiger partial charge in [0.05, 0.1) is 20.6 Å². The Morgan fingerprint density at radius 1 is 1.35 bits per heavy atom. The highest BCUT2D eigenvalue weighted by Gasteiger charge is 2.30. The first-order valence-electron chi connectivity index (χ1n) is 4.92. The molecule has 1 aromatic rings. The predicted molar refractivity (Wildman–Crippen MR) is 59.5 cm³/mol. The average molecular weight is 239 g/mol. The fraction of sp³-hybridized carbons (Fsp3) is 0.364. The number of hydrogen-bond acceptors (Lipinski definition) is 5. The van der Waals surface area contributed by atoms with Gasteiger partial charge in [0.1, 0.15) is 5.75 Å². The van der Waals surface area contributed by atoms with Crippen molar-refractivity contribution in [3.8, 4) is 5.75 Å². The molecule has 0 aliphatic heterocycles. The topological polar surface area (TPSA) is 78.7 Å². The highest BCUT2D eigenvalue weighted by atomic mass is 16.6. The normalized spacial score (nSPS) is 11.6. The first-order valence-corrected chi connectivity index (χ1v) is 4.92. The molecule has 17 heavy (non-hydrogen) atoms. The van der Waals surface area contributed by atoms with Crippen LogP contribution in [0.15, 0.2) is 24.3 Å². The molecule has 0 N–H and O–H groups in total. The van der Waals surface area contributed by atoms with Crippen molar-refractivity contribution in [2.24, 2.45) is 0 Å². The van der Waals surface area contributed by atoms with Crippen molar-refractivity contribution in [2.75, 3.05) is 14.2 Å². The van der Waals surface area contributed by atoms with Gasteiger partial charge in [-0.15, -0.1) is 0 Å². The van der Waals surface area contributed by atoms with E-state index in [0.717, 1.165) is 7.11 Å². The third kappa shape index (κ3) is 3.44. The molecular weight excluding hydrogens is 226 g/mol. The Labute approximate surface area is 98.3 Å². The summed E-state index contributed by atoms with van der Waals surface area (Å²) in [6.07, 6.45) is 0.00364. The number of rotatable bonds is 5. The number of esters is 1. The molecule has 1 aromatic carbocycles. The van der Waals surface area contributed by atoms with E-state index in [1.807, 2.05) is 0 Å². The monoisotopic (exact) mass is 239 g/mol. The summed E-state index contributed by atoms with van der Waals surface area (Å²) in [5.41, 5.74) is 0.679. The van der Waals surface area contributed by atoms with Gasteiger partial charge in [0.15, 0.2) is 0 Å². The largest absolute Gasteiger partial charge is 0.497 e. The fourth-order valence-electron chi connectivity index (χ4n) is 1.36. The molecular formula is C11H13NO5. The summed E-state index contributed by atoms with van der Waals surface area (Å²) < 4.78 is 9.35. The third-order valence-electron chi connectivity index (χ3n) is 2.32. The molecule has 0 saturated carbocycles. The summed E-state index contributed by atoms with van der Waals surface area (Å²) in [6, 6.07) is 5.36. The summed E-state index contributed by atoms with van der Waals surface area (Å²) in [5, 5.41) is 10.7. The number of hydrogen-bond donors (Lipinski definition) is 0. The summed E-state index contributed by atoms with van der Waals surface area (Å²) in [7, 11) is 2.66. The third-order valence-corrected chi connectivity index (χ3v) is 2.32. The maximum atomic E-state index is 11.2. The minimum atomic E-state index is -1.37. The lowest BCUT2D eigenvalue weighted by Crippen LogP contribution is -2.32. The van der Waals surface area contributed by atoms with Crippen molar-refractivity contribution in [1.82, 2.24) is 0 Å². The number of nitro groups is 1. The first-order chi connectivity index (χ1) is 8.08. The van der Waals surface area contributed by atoms with Crippen LogP contribution in [0, 0.1) is 10.1 Å². The van der Waals surface area contributed by atoms with Gasteiger partial charge in [-0.05, 0) is 17.7 Å². The summed E-state index contributed by atoms with van der Waals surface area (Å²) in [5.74, 6) is -0.185. The van der Waals surface area contributed by atoms with Crippen molar-refractivity contribution in [2.45, 2.75) is 12.5 Å². The van der Waals surface area contributed by atoms with Crippen LogP contribution in [-0.2, 0) is 16.0 Å². The van der Waals surface area contributed by atoms with Gasteiger partial charge < -0.3 is 9.47 Å². The molecule has 1 atom stereocenters. The molecule has 6 nitrogen and oxygen atoms in total. The molecule has 0 aliphatic carbocycles. The Morgan fingerprint density at radius 3 is 2.35 bits per heavy atom. The second-order valence-electron chi connectivity index (χ2n) is 3.38. The Kier molecular flexibility index (Phi) is 4.45. The van der Waals surface area contributed by atoms with E-state index >= 15 is 0 Å². The zero-order valence-corrected chi connectivity index (χ0v) is 9.58. The lowest BCUT2D eigenvalue weighted by Gasteiger charge is -2.07. The van der Waals surface area contributed by atoms with E-state index in [-0.39, 0.29) is 6.42 Å². The number of benzene rings is 1. The smallest absolute Gasteiger partial charge is 0.381 e. The van der Waals surface area contributed by atoms with Gasteiger partial charge in [-0.1, -0.05) is 12.1 Å². The second-order valence-corrected chi connectivity index (χ2v) is 3.38. The molecule has 0 amide bonds. The zero-order valence-electron chi connectivity index (χ0n) is 9.58. The minimum Gasteiger partial charge on any atom is -0.497 e. The maximum Gasteiger partial charge on any atom is 0.381 e. The molecule has 0 fully saturated rings.